The predicted molar refractivity (Wildman–Crippen MR) is 140 cm³/mol. The molecule has 0 spiro atoms. The van der Waals surface area contributed by atoms with Crippen molar-refractivity contribution in [2.45, 2.75) is 13.3 Å². The molecular formula is C26H26N4O5S. The van der Waals surface area contributed by atoms with Crippen molar-refractivity contribution in [3.8, 4) is 11.5 Å². The van der Waals surface area contributed by atoms with Gasteiger partial charge in [-0.3, -0.25) is 30.6 Å². The summed E-state index contributed by atoms with van der Waals surface area (Å²) in [7, 11) is 0. The van der Waals surface area contributed by atoms with Gasteiger partial charge in [-0.1, -0.05) is 31.2 Å². The van der Waals surface area contributed by atoms with Gasteiger partial charge in [0.1, 0.15) is 24.7 Å². The quantitative estimate of drug-likeness (QED) is 0.200. The number of nitrogens with one attached hydrogen (secondary N) is 4. The van der Waals surface area contributed by atoms with Crippen LogP contribution in [-0.2, 0) is 4.79 Å². The van der Waals surface area contributed by atoms with Crippen LogP contribution in [0.5, 0.6) is 11.5 Å². The molecule has 186 valence electrons. The van der Waals surface area contributed by atoms with Gasteiger partial charge in [-0.2, -0.15) is 0 Å². The van der Waals surface area contributed by atoms with Gasteiger partial charge < -0.3 is 14.8 Å². The molecule has 0 aromatic heterocycles. The van der Waals surface area contributed by atoms with E-state index in [1.165, 1.54) is 0 Å². The van der Waals surface area contributed by atoms with Crippen LogP contribution in [0.15, 0.2) is 78.9 Å². The Hall–Kier alpha value is -4.44. The number of rotatable bonds is 9. The number of hydrogen-bond acceptors (Lipinski definition) is 6. The van der Waals surface area contributed by atoms with Gasteiger partial charge in [0.25, 0.3) is 11.8 Å². The van der Waals surface area contributed by atoms with Gasteiger partial charge in [0.2, 0.25) is 5.91 Å². The van der Waals surface area contributed by atoms with Gasteiger partial charge >= 0.3 is 0 Å². The first-order chi connectivity index (χ1) is 17.4. The molecule has 0 atom stereocenters. The summed E-state index contributed by atoms with van der Waals surface area (Å²) in [6.07, 6.45) is 0.357. The van der Waals surface area contributed by atoms with Crippen molar-refractivity contribution in [1.82, 2.24) is 16.2 Å². The number of ether oxygens (including phenoxy) is 2. The molecule has 9 nitrogen and oxygen atoms in total. The monoisotopic (exact) mass is 506 g/mol. The first kappa shape index (κ1) is 26.2. The van der Waals surface area contributed by atoms with Crippen LogP contribution < -0.4 is 31.0 Å². The highest BCUT2D eigenvalue weighted by Crippen LogP contribution is 2.14. The number of thiocarbonyl (C=S) groups is 1. The zero-order valence-electron chi connectivity index (χ0n) is 19.6. The van der Waals surface area contributed by atoms with E-state index < -0.39 is 11.8 Å². The van der Waals surface area contributed by atoms with E-state index in [-0.39, 0.29) is 11.0 Å². The van der Waals surface area contributed by atoms with Gasteiger partial charge in [0.05, 0.1) is 0 Å². The van der Waals surface area contributed by atoms with Crippen LogP contribution in [0.1, 0.15) is 34.1 Å². The first-order valence-corrected chi connectivity index (χ1v) is 11.6. The number of carbonyl (C=O) groups excluding carboxylic acids is 3. The fourth-order valence-electron chi connectivity index (χ4n) is 2.91. The lowest BCUT2D eigenvalue weighted by Gasteiger charge is -2.12. The lowest BCUT2D eigenvalue weighted by Crippen LogP contribution is -2.48. The molecule has 3 rings (SSSR count). The summed E-state index contributed by atoms with van der Waals surface area (Å²) in [5.41, 5.74) is 6.16. The number of amides is 3. The van der Waals surface area contributed by atoms with E-state index in [2.05, 4.69) is 21.5 Å². The molecule has 0 aliphatic carbocycles. The van der Waals surface area contributed by atoms with Crippen LogP contribution in [0.3, 0.4) is 0 Å². The number of hydrazine groups is 1. The van der Waals surface area contributed by atoms with Gasteiger partial charge in [0.15, 0.2) is 5.11 Å². The molecule has 10 heteroatoms. The minimum atomic E-state index is -0.469. The van der Waals surface area contributed by atoms with E-state index in [0.717, 1.165) is 5.75 Å². The van der Waals surface area contributed by atoms with Crippen LogP contribution in [0.4, 0.5) is 5.69 Å². The maximum absolute atomic E-state index is 12.5. The third-order valence-corrected chi connectivity index (χ3v) is 4.93. The highest BCUT2D eigenvalue weighted by molar-refractivity contribution is 7.80. The molecule has 0 unspecified atom stereocenters. The Labute approximate surface area is 214 Å². The van der Waals surface area contributed by atoms with Gasteiger partial charge in [0, 0.05) is 23.2 Å². The molecule has 4 N–H and O–H groups in total. The minimum Gasteiger partial charge on any atom is -0.490 e. The van der Waals surface area contributed by atoms with Crippen molar-refractivity contribution < 1.29 is 23.9 Å². The molecule has 0 fully saturated rings. The van der Waals surface area contributed by atoms with Crippen molar-refractivity contribution in [3.05, 3.63) is 90.0 Å². The summed E-state index contributed by atoms with van der Waals surface area (Å²) in [5.74, 6) is 0.200. The standard InChI is InChI=1S/C26H26N4O5S/c1-2-23(31)27-20-13-11-18(12-14-20)25(33)29-30-26(36)28-24(32)19-7-6-10-22(17-19)35-16-15-34-21-8-4-3-5-9-21/h3-14,17H,2,15-16H2,1H3,(H,27,31)(H,29,33)(H2,28,30,32,36). The summed E-state index contributed by atoms with van der Waals surface area (Å²) < 4.78 is 11.2. The van der Waals surface area contributed by atoms with Crippen LogP contribution in [0.25, 0.3) is 0 Å². The number of benzene rings is 3. The normalized spacial score (nSPS) is 10.0. The Morgan fingerprint density at radius 2 is 1.42 bits per heavy atom. The summed E-state index contributed by atoms with van der Waals surface area (Å²) in [6, 6.07) is 22.3. The van der Waals surface area contributed by atoms with Crippen molar-refractivity contribution in [3.63, 3.8) is 0 Å². The lowest BCUT2D eigenvalue weighted by atomic mass is 10.2. The molecule has 0 bridgehead atoms. The van der Waals surface area contributed by atoms with Crippen LogP contribution >= 0.6 is 12.2 Å². The largest absolute Gasteiger partial charge is 0.490 e. The summed E-state index contributed by atoms with van der Waals surface area (Å²) in [5, 5.41) is 5.11. The van der Waals surface area contributed by atoms with Gasteiger partial charge in [-0.15, -0.1) is 0 Å². The average Bonchev–Trinajstić information content (AvgIpc) is 2.91. The fraction of sp³-hybridized carbons (Fsp3) is 0.154. The molecule has 36 heavy (non-hydrogen) atoms. The van der Waals surface area contributed by atoms with Crippen molar-refractivity contribution >= 4 is 40.7 Å². The van der Waals surface area contributed by atoms with E-state index in [9.17, 15) is 14.4 Å². The van der Waals surface area contributed by atoms with Crippen molar-refractivity contribution in [2.24, 2.45) is 0 Å². The molecule has 3 aromatic rings. The van der Waals surface area contributed by atoms with E-state index >= 15 is 0 Å². The molecule has 0 aliphatic heterocycles. The molecular weight excluding hydrogens is 480 g/mol. The second-order valence-corrected chi connectivity index (χ2v) is 7.79. The van der Waals surface area contributed by atoms with Crippen LogP contribution in [0.2, 0.25) is 0 Å². The SMILES string of the molecule is CCC(=O)Nc1ccc(C(=O)NNC(=S)NC(=O)c2cccc(OCCOc3ccccc3)c2)cc1. The third kappa shape index (κ3) is 8.41. The first-order valence-electron chi connectivity index (χ1n) is 11.2. The maximum atomic E-state index is 12.5. The molecule has 3 aromatic carbocycles. The summed E-state index contributed by atoms with van der Waals surface area (Å²) in [6.45, 7) is 2.40. The van der Waals surface area contributed by atoms with E-state index in [1.807, 2.05) is 30.3 Å². The molecule has 0 saturated carbocycles. The Bertz CT molecular complexity index is 1200. The molecule has 0 heterocycles. The predicted octanol–water partition coefficient (Wildman–Crippen LogP) is 3.44. The smallest absolute Gasteiger partial charge is 0.269 e. The third-order valence-electron chi connectivity index (χ3n) is 4.73. The fourth-order valence-corrected chi connectivity index (χ4v) is 3.05. The zero-order chi connectivity index (χ0) is 25.8. The second-order valence-electron chi connectivity index (χ2n) is 7.38. The van der Waals surface area contributed by atoms with E-state index in [0.29, 0.717) is 42.2 Å². The average molecular weight is 507 g/mol. The molecule has 0 radical (unpaired) electrons. The number of hydrogen-bond donors (Lipinski definition) is 4. The van der Waals surface area contributed by atoms with E-state index in [1.54, 1.807) is 55.5 Å². The van der Waals surface area contributed by atoms with Crippen LogP contribution in [0, 0.1) is 0 Å². The number of anilines is 1. The van der Waals surface area contributed by atoms with E-state index in [4.69, 9.17) is 21.7 Å². The topological polar surface area (TPSA) is 118 Å². The molecule has 0 saturated heterocycles. The zero-order valence-corrected chi connectivity index (χ0v) is 20.4. The van der Waals surface area contributed by atoms with Crippen LogP contribution in [-0.4, -0.2) is 36.0 Å². The van der Waals surface area contributed by atoms with Crippen molar-refractivity contribution in [2.75, 3.05) is 18.5 Å². The Kier molecular flexibility index (Phi) is 9.78. The summed E-state index contributed by atoms with van der Waals surface area (Å²) in [4.78, 5) is 36.2. The maximum Gasteiger partial charge on any atom is 0.269 e. The van der Waals surface area contributed by atoms with Crippen molar-refractivity contribution in [1.29, 1.82) is 0 Å². The lowest BCUT2D eigenvalue weighted by molar-refractivity contribution is -0.115. The highest BCUT2D eigenvalue weighted by Gasteiger charge is 2.11. The number of carbonyl (C=O) groups is 3. The number of para-hydroxylation sites is 1. The molecule has 0 aliphatic rings. The summed E-state index contributed by atoms with van der Waals surface area (Å²) >= 11 is 5.09. The second kappa shape index (κ2) is 13.4. The minimum absolute atomic E-state index is 0.0808. The Balaban J connectivity index is 1.42. The Morgan fingerprint density at radius 1 is 0.750 bits per heavy atom. The van der Waals surface area contributed by atoms with Gasteiger partial charge in [-0.25, -0.2) is 0 Å². The Morgan fingerprint density at radius 3 is 2.11 bits per heavy atom. The highest BCUT2D eigenvalue weighted by atomic mass is 32.1. The molecule has 3 amide bonds. The van der Waals surface area contributed by atoms with Gasteiger partial charge in [-0.05, 0) is 66.8 Å².